The van der Waals surface area contributed by atoms with Gasteiger partial charge in [0.1, 0.15) is 0 Å². The molecule has 1 saturated heterocycles. The molecule has 0 saturated carbocycles. The van der Waals surface area contributed by atoms with Crippen LogP contribution in [0.5, 0.6) is 0 Å². The average Bonchev–Trinajstić information content (AvgIpc) is 3.29. The van der Waals surface area contributed by atoms with Crippen LogP contribution < -0.4 is 10.6 Å². The number of alkyl halides is 6. The molecule has 5 rings (SSSR count). The van der Waals surface area contributed by atoms with Crippen LogP contribution in [-0.2, 0) is 17.8 Å². The highest BCUT2D eigenvalue weighted by molar-refractivity contribution is 5.98. The van der Waals surface area contributed by atoms with Gasteiger partial charge in [-0.05, 0) is 56.3 Å². The molecule has 1 fully saturated rings. The second kappa shape index (κ2) is 8.08. The van der Waals surface area contributed by atoms with E-state index in [4.69, 9.17) is 0 Å². The summed E-state index contributed by atoms with van der Waals surface area (Å²) in [5.74, 6) is -0.554. The molecule has 4 heterocycles. The minimum atomic E-state index is -4.98. The van der Waals surface area contributed by atoms with Crippen molar-refractivity contribution < 1.29 is 31.1 Å². The van der Waals surface area contributed by atoms with Gasteiger partial charge in [-0.3, -0.25) is 4.79 Å². The van der Waals surface area contributed by atoms with Crippen molar-refractivity contribution in [2.24, 2.45) is 0 Å². The Hall–Kier alpha value is -3.41. The minimum absolute atomic E-state index is 0.0590. The molecule has 2 aromatic heterocycles. The Morgan fingerprint density at radius 3 is 2.20 bits per heavy atom. The van der Waals surface area contributed by atoms with Gasteiger partial charge in [0, 0.05) is 29.4 Å². The summed E-state index contributed by atoms with van der Waals surface area (Å²) in [5.41, 5.74) is -1.72. The fourth-order valence-corrected chi connectivity index (χ4v) is 4.69. The predicted molar refractivity (Wildman–Crippen MR) is 113 cm³/mol. The maximum absolute atomic E-state index is 13.3. The molecule has 12 heteroatoms. The first-order chi connectivity index (χ1) is 16.5. The van der Waals surface area contributed by atoms with Crippen LogP contribution in [0, 0.1) is 0 Å². The predicted octanol–water partition coefficient (Wildman–Crippen LogP) is 4.54. The summed E-state index contributed by atoms with van der Waals surface area (Å²) in [5, 5.41) is 6.19. The number of piperidine rings is 1. The summed E-state index contributed by atoms with van der Waals surface area (Å²) in [7, 11) is 0. The summed E-state index contributed by atoms with van der Waals surface area (Å²) in [6.07, 6.45) is -7.13. The zero-order valence-corrected chi connectivity index (χ0v) is 18.1. The third-order valence-corrected chi connectivity index (χ3v) is 6.52. The fourth-order valence-electron chi connectivity index (χ4n) is 4.69. The number of carbonyl (C=O) groups is 1. The van der Waals surface area contributed by atoms with Gasteiger partial charge in [0.05, 0.1) is 28.1 Å². The molecule has 35 heavy (non-hydrogen) atoms. The normalized spacial score (nSPS) is 17.8. The van der Waals surface area contributed by atoms with E-state index >= 15 is 0 Å². The molecule has 3 aromatic rings. The van der Waals surface area contributed by atoms with Crippen molar-refractivity contribution >= 4 is 5.91 Å². The van der Waals surface area contributed by atoms with E-state index in [0.717, 1.165) is 31.6 Å². The number of nitrogens with one attached hydrogen (secondary N) is 3. The van der Waals surface area contributed by atoms with Gasteiger partial charge in [-0.25, -0.2) is 9.97 Å². The van der Waals surface area contributed by atoms with Gasteiger partial charge in [-0.1, -0.05) is 0 Å². The number of carbonyl (C=O) groups excluding carboxylic acids is 1. The third kappa shape index (κ3) is 4.26. The summed E-state index contributed by atoms with van der Waals surface area (Å²) < 4.78 is 79.7. The molecular weight excluding hydrogens is 476 g/mol. The number of aromatic nitrogens is 3. The topological polar surface area (TPSA) is 82.7 Å². The number of hydrogen-bond acceptors (Lipinski definition) is 4. The maximum Gasteiger partial charge on any atom is 0.416 e. The highest BCUT2D eigenvalue weighted by Gasteiger charge is 2.42. The van der Waals surface area contributed by atoms with Crippen molar-refractivity contribution in [3.63, 3.8) is 0 Å². The first-order valence-corrected chi connectivity index (χ1v) is 10.8. The van der Waals surface area contributed by atoms with Gasteiger partial charge in [0.15, 0.2) is 5.82 Å². The lowest BCUT2D eigenvalue weighted by Gasteiger charge is -2.40. The zero-order valence-electron chi connectivity index (χ0n) is 18.1. The number of aromatic amines is 1. The number of nitrogens with zero attached hydrogens (tertiary/aromatic N) is 2. The molecule has 3 N–H and O–H groups in total. The fraction of sp³-hybridized carbons (Fsp3) is 0.348. The van der Waals surface area contributed by atoms with Crippen molar-refractivity contribution in [1.82, 2.24) is 25.6 Å². The molecule has 1 spiro atoms. The van der Waals surface area contributed by atoms with Gasteiger partial charge >= 0.3 is 12.4 Å². The van der Waals surface area contributed by atoms with Crippen LogP contribution in [0.3, 0.4) is 0 Å². The summed E-state index contributed by atoms with van der Waals surface area (Å²) in [4.78, 5) is 23.9. The number of hydrogen-bond donors (Lipinski definition) is 3. The lowest BCUT2D eigenvalue weighted by atomic mass is 9.73. The molecule has 6 nitrogen and oxygen atoms in total. The van der Waals surface area contributed by atoms with Crippen LogP contribution in [0.25, 0.3) is 22.8 Å². The molecule has 184 valence electrons. The molecule has 2 aliphatic rings. The largest absolute Gasteiger partial charge is 0.416 e. The standard InChI is InChI=1S/C23H19F6N5O/c24-22(25,26)13-7-12(8-14(9-13)23(27,28)29)19-31-4-1-16(34-19)17-10-15-18(33-17)21(11-32-20(15)35)2-5-30-6-3-21/h1,4,7-10,30,33H,2-3,5-6,11H2,(H,32,35). The van der Waals surface area contributed by atoms with E-state index in [9.17, 15) is 31.1 Å². The first kappa shape index (κ1) is 23.3. The SMILES string of the molecule is O=C1NCC2(CCNCC2)c2[nH]c(-c3ccnc(-c4cc(C(F)(F)F)cc(C(F)(F)F)c4)n3)cc21. The third-order valence-electron chi connectivity index (χ3n) is 6.52. The Morgan fingerprint density at radius 1 is 0.914 bits per heavy atom. The molecular formula is C23H19F6N5O. The summed E-state index contributed by atoms with van der Waals surface area (Å²) in [6, 6.07) is 4.32. The second-order valence-electron chi connectivity index (χ2n) is 8.74. The van der Waals surface area contributed by atoms with E-state index in [1.807, 2.05) is 0 Å². The number of halogens is 6. The second-order valence-corrected chi connectivity index (χ2v) is 8.74. The molecule has 0 bridgehead atoms. The van der Waals surface area contributed by atoms with Gasteiger partial charge in [-0.2, -0.15) is 26.3 Å². The average molecular weight is 495 g/mol. The van der Waals surface area contributed by atoms with E-state index in [-0.39, 0.29) is 28.9 Å². The summed E-state index contributed by atoms with van der Waals surface area (Å²) in [6.45, 7) is 2.02. The van der Waals surface area contributed by atoms with Crippen molar-refractivity contribution in [3.8, 4) is 22.8 Å². The van der Waals surface area contributed by atoms with Gasteiger partial charge in [0.25, 0.3) is 5.91 Å². The Kier molecular flexibility index (Phi) is 5.38. The first-order valence-electron chi connectivity index (χ1n) is 10.8. The van der Waals surface area contributed by atoms with Crippen LogP contribution in [0.15, 0.2) is 36.5 Å². The van der Waals surface area contributed by atoms with E-state index in [1.54, 1.807) is 6.07 Å². The van der Waals surface area contributed by atoms with E-state index in [2.05, 4.69) is 25.6 Å². The van der Waals surface area contributed by atoms with E-state index < -0.39 is 29.0 Å². The van der Waals surface area contributed by atoms with Crippen molar-refractivity contribution in [2.75, 3.05) is 19.6 Å². The Bertz CT molecular complexity index is 1260. The number of rotatable bonds is 2. The number of fused-ring (bicyclic) bond motifs is 2. The molecule has 0 radical (unpaired) electrons. The Labute approximate surface area is 195 Å². The van der Waals surface area contributed by atoms with Crippen LogP contribution >= 0.6 is 0 Å². The molecule has 0 aliphatic carbocycles. The maximum atomic E-state index is 13.3. The molecule has 0 atom stereocenters. The Morgan fingerprint density at radius 2 is 1.57 bits per heavy atom. The number of amides is 1. The smallest absolute Gasteiger partial charge is 0.356 e. The zero-order chi connectivity index (χ0) is 25.0. The van der Waals surface area contributed by atoms with Crippen molar-refractivity contribution in [3.05, 3.63) is 58.9 Å². The van der Waals surface area contributed by atoms with E-state index in [0.29, 0.717) is 29.9 Å². The van der Waals surface area contributed by atoms with Gasteiger partial charge < -0.3 is 15.6 Å². The number of benzene rings is 1. The summed E-state index contributed by atoms with van der Waals surface area (Å²) >= 11 is 0. The van der Waals surface area contributed by atoms with Crippen molar-refractivity contribution in [1.29, 1.82) is 0 Å². The lowest BCUT2D eigenvalue weighted by molar-refractivity contribution is -0.143. The van der Waals surface area contributed by atoms with Crippen LogP contribution in [0.2, 0.25) is 0 Å². The van der Waals surface area contributed by atoms with Crippen LogP contribution in [0.1, 0.15) is 40.0 Å². The van der Waals surface area contributed by atoms with Crippen molar-refractivity contribution in [2.45, 2.75) is 30.6 Å². The highest BCUT2D eigenvalue weighted by atomic mass is 19.4. The molecule has 1 amide bonds. The number of H-pyrrole nitrogens is 1. The van der Waals surface area contributed by atoms with Crippen LogP contribution in [-0.4, -0.2) is 40.5 Å². The minimum Gasteiger partial charge on any atom is -0.356 e. The van der Waals surface area contributed by atoms with Gasteiger partial charge in [-0.15, -0.1) is 0 Å². The van der Waals surface area contributed by atoms with Crippen LogP contribution in [0.4, 0.5) is 26.3 Å². The Balaban J connectivity index is 1.58. The van der Waals surface area contributed by atoms with Gasteiger partial charge in [0.2, 0.25) is 0 Å². The highest BCUT2D eigenvalue weighted by Crippen LogP contribution is 2.40. The monoisotopic (exact) mass is 495 g/mol. The quantitative estimate of drug-likeness (QED) is 0.456. The molecule has 1 aromatic carbocycles. The molecule has 0 unspecified atom stereocenters. The van der Waals surface area contributed by atoms with E-state index in [1.165, 1.54) is 12.3 Å². The lowest BCUT2D eigenvalue weighted by Crippen LogP contribution is -2.51. The molecule has 2 aliphatic heterocycles.